The van der Waals surface area contributed by atoms with Gasteiger partial charge in [0.25, 0.3) is 5.91 Å². The van der Waals surface area contributed by atoms with Crippen molar-refractivity contribution < 1.29 is 4.79 Å². The molecule has 3 heteroatoms. The van der Waals surface area contributed by atoms with Crippen molar-refractivity contribution in [3.05, 3.63) is 30.1 Å². The van der Waals surface area contributed by atoms with Gasteiger partial charge in [0.2, 0.25) is 0 Å². The first-order valence-corrected chi connectivity index (χ1v) is 7.04. The fourth-order valence-electron chi connectivity index (χ4n) is 3.46. The third-order valence-electron chi connectivity index (χ3n) is 4.51. The number of rotatable bonds is 1. The Morgan fingerprint density at radius 2 is 1.83 bits per heavy atom. The second-order valence-electron chi connectivity index (χ2n) is 5.58. The summed E-state index contributed by atoms with van der Waals surface area (Å²) in [5.41, 5.74) is 0.777. The van der Waals surface area contributed by atoms with Crippen LogP contribution in [0.2, 0.25) is 0 Å². The van der Waals surface area contributed by atoms with Crippen molar-refractivity contribution >= 4 is 5.91 Å². The predicted octanol–water partition coefficient (Wildman–Crippen LogP) is 2.73. The second kappa shape index (κ2) is 5.09. The lowest BCUT2D eigenvalue weighted by molar-refractivity contribution is 0.0521. The largest absolute Gasteiger partial charge is 0.338 e. The normalized spacial score (nSPS) is 27.7. The number of carbonyl (C=O) groups excluding carboxylic acids is 1. The van der Waals surface area contributed by atoms with Crippen LogP contribution in [0.4, 0.5) is 0 Å². The van der Waals surface area contributed by atoms with Gasteiger partial charge in [-0.25, -0.2) is 0 Å². The third-order valence-corrected chi connectivity index (χ3v) is 4.51. The molecule has 2 fully saturated rings. The summed E-state index contributed by atoms with van der Waals surface area (Å²) in [7, 11) is 0. The molecule has 0 radical (unpaired) electrons. The van der Waals surface area contributed by atoms with E-state index in [1.165, 1.54) is 32.1 Å². The number of piperidine rings is 1. The summed E-state index contributed by atoms with van der Waals surface area (Å²) in [6.07, 6.45) is 10.0. The molecule has 2 aliphatic rings. The molecule has 3 rings (SSSR count). The first kappa shape index (κ1) is 11.7. The summed E-state index contributed by atoms with van der Waals surface area (Å²) >= 11 is 0. The maximum Gasteiger partial charge on any atom is 0.253 e. The molecule has 1 amide bonds. The molecule has 2 atom stereocenters. The highest BCUT2D eigenvalue weighted by Crippen LogP contribution is 2.36. The molecule has 0 aromatic carbocycles. The molecule has 96 valence electrons. The third kappa shape index (κ3) is 2.26. The molecule has 1 aromatic rings. The number of fused-ring (bicyclic) bond motifs is 1. The lowest BCUT2D eigenvalue weighted by atomic mass is 9.75. The van der Waals surface area contributed by atoms with E-state index in [2.05, 4.69) is 4.98 Å². The topological polar surface area (TPSA) is 33.2 Å². The second-order valence-corrected chi connectivity index (χ2v) is 5.58. The number of hydrogen-bond acceptors (Lipinski definition) is 2. The van der Waals surface area contributed by atoms with E-state index in [4.69, 9.17) is 0 Å². The highest BCUT2D eigenvalue weighted by atomic mass is 16.2. The molecule has 1 aliphatic heterocycles. The quantitative estimate of drug-likeness (QED) is 0.761. The minimum atomic E-state index is 0.182. The summed E-state index contributed by atoms with van der Waals surface area (Å²) in [5, 5.41) is 0. The Balaban J connectivity index is 1.69. The zero-order chi connectivity index (χ0) is 12.4. The molecular formula is C15H20N2O. The van der Waals surface area contributed by atoms with Gasteiger partial charge in [0.15, 0.2) is 0 Å². The summed E-state index contributed by atoms with van der Waals surface area (Å²) in [4.78, 5) is 18.4. The molecule has 0 unspecified atom stereocenters. The number of carbonyl (C=O) groups is 1. The zero-order valence-electron chi connectivity index (χ0n) is 10.7. The van der Waals surface area contributed by atoms with E-state index < -0.39 is 0 Å². The van der Waals surface area contributed by atoms with E-state index in [-0.39, 0.29) is 5.91 Å². The zero-order valence-corrected chi connectivity index (χ0v) is 10.7. The molecule has 0 bridgehead atoms. The summed E-state index contributed by atoms with van der Waals surface area (Å²) in [6, 6.07) is 3.63. The molecule has 18 heavy (non-hydrogen) atoms. The van der Waals surface area contributed by atoms with Crippen LogP contribution in [-0.2, 0) is 0 Å². The fraction of sp³-hybridized carbons (Fsp3) is 0.600. The van der Waals surface area contributed by atoms with Crippen molar-refractivity contribution in [3.63, 3.8) is 0 Å². The molecule has 0 spiro atoms. The van der Waals surface area contributed by atoms with Crippen LogP contribution in [0.3, 0.4) is 0 Å². The van der Waals surface area contributed by atoms with E-state index in [0.29, 0.717) is 0 Å². The highest BCUT2D eigenvalue weighted by Gasteiger charge is 2.33. The van der Waals surface area contributed by atoms with Gasteiger partial charge in [-0.2, -0.15) is 0 Å². The van der Waals surface area contributed by atoms with Gasteiger partial charge in [-0.15, -0.1) is 0 Å². The lowest BCUT2D eigenvalue weighted by Gasteiger charge is -2.41. The van der Waals surface area contributed by atoms with Crippen molar-refractivity contribution in [2.45, 2.75) is 32.1 Å². The van der Waals surface area contributed by atoms with E-state index in [1.807, 2.05) is 17.0 Å². The van der Waals surface area contributed by atoms with Crippen molar-refractivity contribution in [3.8, 4) is 0 Å². The minimum absolute atomic E-state index is 0.182. The molecule has 1 saturated heterocycles. The Labute approximate surface area is 108 Å². The summed E-state index contributed by atoms with van der Waals surface area (Å²) < 4.78 is 0. The molecule has 1 saturated carbocycles. The van der Waals surface area contributed by atoms with E-state index in [0.717, 1.165) is 30.5 Å². The molecule has 0 N–H and O–H groups in total. The first-order chi connectivity index (χ1) is 8.84. The minimum Gasteiger partial charge on any atom is -0.338 e. The molecule has 3 nitrogen and oxygen atoms in total. The molecule has 1 aliphatic carbocycles. The van der Waals surface area contributed by atoms with Gasteiger partial charge < -0.3 is 4.90 Å². The van der Waals surface area contributed by atoms with Crippen LogP contribution in [0.5, 0.6) is 0 Å². The van der Waals surface area contributed by atoms with Gasteiger partial charge in [0, 0.05) is 31.0 Å². The van der Waals surface area contributed by atoms with Crippen molar-refractivity contribution in [1.29, 1.82) is 0 Å². The van der Waals surface area contributed by atoms with Crippen LogP contribution in [0.15, 0.2) is 24.5 Å². The Morgan fingerprint density at radius 3 is 2.61 bits per heavy atom. The fourth-order valence-corrected chi connectivity index (χ4v) is 3.46. The maximum absolute atomic E-state index is 12.4. The number of hydrogen-bond donors (Lipinski definition) is 0. The van der Waals surface area contributed by atoms with Crippen LogP contribution < -0.4 is 0 Å². The number of nitrogens with zero attached hydrogens (tertiary/aromatic N) is 2. The van der Waals surface area contributed by atoms with Crippen LogP contribution in [0, 0.1) is 11.8 Å². The van der Waals surface area contributed by atoms with Crippen LogP contribution in [0.25, 0.3) is 0 Å². The number of pyridine rings is 1. The highest BCUT2D eigenvalue weighted by molar-refractivity contribution is 5.94. The van der Waals surface area contributed by atoms with Crippen LogP contribution >= 0.6 is 0 Å². The van der Waals surface area contributed by atoms with Crippen LogP contribution in [0.1, 0.15) is 42.5 Å². The summed E-state index contributed by atoms with van der Waals surface area (Å²) in [5.74, 6) is 1.81. The van der Waals surface area contributed by atoms with Crippen molar-refractivity contribution in [1.82, 2.24) is 9.88 Å². The van der Waals surface area contributed by atoms with Gasteiger partial charge in [-0.1, -0.05) is 19.3 Å². The number of aromatic nitrogens is 1. The van der Waals surface area contributed by atoms with Gasteiger partial charge in [-0.3, -0.25) is 9.78 Å². The predicted molar refractivity (Wildman–Crippen MR) is 70.2 cm³/mol. The SMILES string of the molecule is O=C(c1ccncc1)N1CC[C@H]2CCCC[C@@H]2C1. The number of likely N-dealkylation sites (tertiary alicyclic amines) is 1. The average molecular weight is 244 g/mol. The van der Waals surface area contributed by atoms with Crippen LogP contribution in [-0.4, -0.2) is 28.9 Å². The maximum atomic E-state index is 12.4. The van der Waals surface area contributed by atoms with Gasteiger partial charge in [0.1, 0.15) is 0 Å². The Bertz CT molecular complexity index is 418. The summed E-state index contributed by atoms with van der Waals surface area (Å²) in [6.45, 7) is 1.90. The first-order valence-electron chi connectivity index (χ1n) is 7.04. The Hall–Kier alpha value is -1.38. The number of amides is 1. The molecular weight excluding hydrogens is 224 g/mol. The van der Waals surface area contributed by atoms with Gasteiger partial charge in [-0.05, 0) is 36.8 Å². The van der Waals surface area contributed by atoms with Crippen molar-refractivity contribution in [2.24, 2.45) is 11.8 Å². The smallest absolute Gasteiger partial charge is 0.253 e. The van der Waals surface area contributed by atoms with E-state index >= 15 is 0 Å². The van der Waals surface area contributed by atoms with Gasteiger partial charge in [0.05, 0.1) is 0 Å². The molecule has 2 heterocycles. The van der Waals surface area contributed by atoms with E-state index in [9.17, 15) is 4.79 Å². The Morgan fingerprint density at radius 1 is 1.11 bits per heavy atom. The molecule has 1 aromatic heterocycles. The van der Waals surface area contributed by atoms with Gasteiger partial charge >= 0.3 is 0 Å². The lowest BCUT2D eigenvalue weighted by Crippen LogP contribution is -2.44. The Kier molecular flexibility index (Phi) is 3.31. The monoisotopic (exact) mass is 244 g/mol. The van der Waals surface area contributed by atoms with E-state index in [1.54, 1.807) is 12.4 Å². The average Bonchev–Trinajstić information content (AvgIpc) is 2.47. The standard InChI is InChI=1S/C15H20N2O/c18-15(13-5-8-16-9-6-13)17-10-7-12-3-1-2-4-14(12)11-17/h5-6,8-9,12,14H,1-4,7,10-11H2/t12-,14-/m1/s1. The van der Waals surface area contributed by atoms with Crippen molar-refractivity contribution in [2.75, 3.05) is 13.1 Å².